The van der Waals surface area contributed by atoms with E-state index in [0.717, 1.165) is 0 Å². The molecule has 4 nitrogen and oxygen atoms in total. The number of benzene rings is 4. The lowest BCUT2D eigenvalue weighted by atomic mass is 9.59. The molecule has 2 bridgehead atoms. The number of hydrogen-bond acceptors (Lipinski definition) is 0. The van der Waals surface area contributed by atoms with Gasteiger partial charge in [0.05, 0.1) is 25.9 Å². The Kier molecular flexibility index (Phi) is 4.00. The van der Waals surface area contributed by atoms with Gasteiger partial charge in [-0.1, -0.05) is 72.8 Å². The van der Waals surface area contributed by atoms with Crippen molar-refractivity contribution in [3.63, 3.8) is 0 Å². The van der Waals surface area contributed by atoms with Gasteiger partial charge in [-0.2, -0.15) is 0 Å². The van der Waals surface area contributed by atoms with Gasteiger partial charge in [0, 0.05) is 0 Å². The van der Waals surface area contributed by atoms with Crippen LogP contribution in [-0.2, 0) is 14.1 Å². The Morgan fingerprint density at radius 3 is 1.19 bits per heavy atom. The number of aromatic nitrogens is 4. The van der Waals surface area contributed by atoms with Crippen LogP contribution in [0.3, 0.4) is 0 Å². The average molecular weight is 469 g/mol. The van der Waals surface area contributed by atoms with Crippen molar-refractivity contribution in [3.8, 4) is 0 Å². The summed E-state index contributed by atoms with van der Waals surface area (Å²) in [6.45, 7) is 0. The molecule has 0 fully saturated rings. The van der Waals surface area contributed by atoms with Gasteiger partial charge in [-0.3, -0.25) is 0 Å². The number of nitrogens with zero attached hydrogens (tertiary/aromatic N) is 4. The largest absolute Gasteiger partial charge is 0.244 e. The highest BCUT2D eigenvalue weighted by Crippen LogP contribution is 2.62. The third-order valence-corrected chi connectivity index (χ3v) is 8.68. The molecule has 174 valence electrons. The summed E-state index contributed by atoms with van der Waals surface area (Å²) >= 11 is 0. The van der Waals surface area contributed by atoms with Crippen molar-refractivity contribution < 1.29 is 9.13 Å². The zero-order chi connectivity index (χ0) is 24.0. The molecule has 9 rings (SSSR count). The average Bonchev–Trinajstić information content (AvgIpc) is 3.45. The van der Waals surface area contributed by atoms with Crippen LogP contribution in [0.2, 0.25) is 0 Å². The molecule has 3 aliphatic rings. The summed E-state index contributed by atoms with van der Waals surface area (Å²) < 4.78 is 9.69. The molecule has 2 heterocycles. The monoisotopic (exact) mass is 468 g/mol. The second kappa shape index (κ2) is 7.17. The fraction of sp³-hybridized carbons (Fsp3) is 0.188. The molecule has 0 saturated heterocycles. The maximum Gasteiger partial charge on any atom is 0.244 e. The van der Waals surface area contributed by atoms with Crippen molar-refractivity contribution in [2.45, 2.75) is 23.9 Å². The maximum absolute atomic E-state index is 2.57. The van der Waals surface area contributed by atoms with E-state index in [4.69, 9.17) is 0 Å². The number of rotatable bonds is 2. The Morgan fingerprint density at radius 1 is 0.472 bits per heavy atom. The van der Waals surface area contributed by atoms with Crippen LogP contribution in [0.25, 0.3) is 22.1 Å². The standard InChI is InChI=1S/C32H28N4/c1-33-19-35(27-17-9-7-15-25(27)33)31-29-21-11-3-5-13-23(21)30(24-14-6-4-12-22(24)29)32(31)36-20-34(2)26-16-8-10-18-28(26)36/h3-20,29-32H,1-2H3/q+2/t29?,30?,31-,32-/m1/s1. The van der Waals surface area contributed by atoms with Gasteiger partial charge < -0.3 is 0 Å². The van der Waals surface area contributed by atoms with Crippen molar-refractivity contribution in [1.29, 1.82) is 0 Å². The fourth-order valence-electron chi connectivity index (χ4n) is 7.33. The topological polar surface area (TPSA) is 17.6 Å². The molecule has 0 spiro atoms. The number of hydrogen-bond donors (Lipinski definition) is 0. The van der Waals surface area contributed by atoms with Gasteiger partial charge in [-0.15, -0.1) is 0 Å². The highest BCUT2D eigenvalue weighted by molar-refractivity contribution is 5.74. The minimum Gasteiger partial charge on any atom is -0.233 e. The Labute approximate surface area is 210 Å². The molecule has 0 radical (unpaired) electrons. The second-order valence-electron chi connectivity index (χ2n) is 10.4. The van der Waals surface area contributed by atoms with Gasteiger partial charge in [0.15, 0.2) is 34.2 Å². The van der Waals surface area contributed by atoms with Crippen LogP contribution in [0.1, 0.15) is 46.2 Å². The highest BCUT2D eigenvalue weighted by Gasteiger charge is 2.56. The summed E-state index contributed by atoms with van der Waals surface area (Å²) in [4.78, 5) is 0. The molecule has 0 amide bonds. The predicted octanol–water partition coefficient (Wildman–Crippen LogP) is 5.32. The van der Waals surface area contributed by atoms with Crippen LogP contribution in [-0.4, -0.2) is 9.13 Å². The molecule has 0 N–H and O–H groups in total. The van der Waals surface area contributed by atoms with Gasteiger partial charge in [-0.25, -0.2) is 18.3 Å². The SMILES string of the molecule is C[n+]1cn([C@@H]2C3c4ccccc4C(c4ccccc43)[C@H]2n2c[n+](C)c3ccccc32)c2ccccc21. The first-order valence-corrected chi connectivity index (χ1v) is 12.8. The smallest absolute Gasteiger partial charge is 0.233 e. The number of imidazole rings is 2. The highest BCUT2D eigenvalue weighted by atomic mass is 15.2. The Hall–Kier alpha value is -4.18. The second-order valence-corrected chi connectivity index (χ2v) is 10.4. The van der Waals surface area contributed by atoms with E-state index in [1.165, 1.54) is 44.3 Å². The quantitative estimate of drug-likeness (QED) is 0.306. The van der Waals surface area contributed by atoms with Crippen LogP contribution in [0.15, 0.2) is 110 Å². The van der Waals surface area contributed by atoms with E-state index in [1.54, 1.807) is 0 Å². The lowest BCUT2D eigenvalue weighted by Crippen LogP contribution is -2.43. The molecule has 4 aromatic carbocycles. The van der Waals surface area contributed by atoms with E-state index < -0.39 is 0 Å². The minimum absolute atomic E-state index is 0.238. The van der Waals surface area contributed by atoms with Gasteiger partial charge in [-0.05, 0) is 46.5 Å². The first-order valence-electron chi connectivity index (χ1n) is 12.8. The third-order valence-electron chi connectivity index (χ3n) is 8.68. The summed E-state index contributed by atoms with van der Waals surface area (Å²) in [5.74, 6) is 0.546. The maximum atomic E-state index is 2.57. The lowest BCUT2D eigenvalue weighted by Gasteiger charge is -2.47. The fourth-order valence-corrected chi connectivity index (χ4v) is 7.33. The number of para-hydroxylation sites is 4. The van der Waals surface area contributed by atoms with Gasteiger partial charge >= 0.3 is 0 Å². The van der Waals surface area contributed by atoms with Crippen molar-refractivity contribution >= 4 is 22.1 Å². The van der Waals surface area contributed by atoms with Crippen molar-refractivity contribution in [3.05, 3.63) is 132 Å². The Balaban J connectivity index is 1.50. The Morgan fingerprint density at radius 2 is 0.806 bits per heavy atom. The van der Waals surface area contributed by atoms with Crippen LogP contribution in [0.5, 0.6) is 0 Å². The molecular formula is C32H28N4+2. The minimum atomic E-state index is 0.238. The van der Waals surface area contributed by atoms with Gasteiger partial charge in [0.2, 0.25) is 12.7 Å². The molecule has 3 aliphatic carbocycles. The van der Waals surface area contributed by atoms with Gasteiger partial charge in [0.25, 0.3) is 0 Å². The predicted molar refractivity (Wildman–Crippen MR) is 141 cm³/mol. The molecule has 4 heteroatoms. The molecule has 2 atom stereocenters. The first kappa shape index (κ1) is 20.1. The van der Waals surface area contributed by atoms with Crippen LogP contribution >= 0.6 is 0 Å². The molecule has 36 heavy (non-hydrogen) atoms. The molecule has 0 unspecified atom stereocenters. The number of fused-ring (bicyclic) bond motifs is 3. The first-order chi connectivity index (χ1) is 17.7. The van der Waals surface area contributed by atoms with Crippen LogP contribution in [0.4, 0.5) is 0 Å². The van der Waals surface area contributed by atoms with Crippen LogP contribution < -0.4 is 9.13 Å². The van der Waals surface area contributed by atoms with E-state index in [0.29, 0.717) is 0 Å². The molecule has 6 aromatic rings. The Bertz CT molecular complexity index is 1630. The lowest BCUT2D eigenvalue weighted by molar-refractivity contribution is -0.646. The van der Waals surface area contributed by atoms with E-state index in [9.17, 15) is 0 Å². The zero-order valence-electron chi connectivity index (χ0n) is 20.5. The molecular weight excluding hydrogens is 440 g/mol. The summed E-state index contributed by atoms with van der Waals surface area (Å²) in [5, 5.41) is 0. The van der Waals surface area contributed by atoms with E-state index in [-0.39, 0.29) is 23.9 Å². The molecule has 2 aromatic heterocycles. The number of aryl methyl sites for hydroxylation is 2. The van der Waals surface area contributed by atoms with E-state index in [1.807, 2.05) is 0 Å². The van der Waals surface area contributed by atoms with Crippen LogP contribution in [0, 0.1) is 0 Å². The summed E-state index contributed by atoms with van der Waals surface area (Å²) in [6, 6.07) is 36.4. The normalized spacial score (nSPS) is 22.2. The van der Waals surface area contributed by atoms with Gasteiger partial charge in [0.1, 0.15) is 0 Å². The summed E-state index contributed by atoms with van der Waals surface area (Å²) in [5.41, 5.74) is 11.0. The molecule has 0 aliphatic heterocycles. The van der Waals surface area contributed by atoms with Crippen molar-refractivity contribution in [1.82, 2.24) is 9.13 Å². The summed E-state index contributed by atoms with van der Waals surface area (Å²) in [6.07, 6.45) is 4.64. The van der Waals surface area contributed by atoms with E-state index in [2.05, 4.69) is 142 Å². The third kappa shape index (κ3) is 2.49. The van der Waals surface area contributed by atoms with E-state index >= 15 is 0 Å². The summed E-state index contributed by atoms with van der Waals surface area (Å²) in [7, 11) is 4.34. The zero-order valence-corrected chi connectivity index (χ0v) is 20.5. The van der Waals surface area contributed by atoms with Crippen molar-refractivity contribution in [2.75, 3.05) is 0 Å². The van der Waals surface area contributed by atoms with Crippen molar-refractivity contribution in [2.24, 2.45) is 14.1 Å². The molecule has 0 saturated carbocycles.